The van der Waals surface area contributed by atoms with Crippen LogP contribution >= 0.6 is 0 Å². The summed E-state index contributed by atoms with van der Waals surface area (Å²) in [5, 5.41) is 3.31. The Labute approximate surface area is 140 Å². The van der Waals surface area contributed by atoms with Crippen LogP contribution in [-0.2, 0) is 6.54 Å². The Morgan fingerprint density at radius 1 is 1.04 bits per heavy atom. The fourth-order valence-electron chi connectivity index (χ4n) is 2.96. The first-order valence-electron chi connectivity index (χ1n) is 7.83. The van der Waals surface area contributed by atoms with Crippen LogP contribution in [0.4, 0.5) is 0 Å². The highest BCUT2D eigenvalue weighted by Crippen LogP contribution is 2.17. The Bertz CT molecular complexity index is 963. The third-order valence-electron chi connectivity index (χ3n) is 4.12. The van der Waals surface area contributed by atoms with E-state index in [4.69, 9.17) is 4.42 Å². The zero-order chi connectivity index (χ0) is 17.3. The highest BCUT2D eigenvalue weighted by atomic mass is 16.3. The lowest BCUT2D eigenvalue weighted by atomic mass is 10.00. The molecule has 0 bridgehead atoms. The molecule has 2 aromatic carbocycles. The van der Waals surface area contributed by atoms with Crippen LogP contribution in [-0.4, -0.2) is 5.91 Å². The number of benzene rings is 2. The minimum Gasteiger partial charge on any atom is -0.451 e. The van der Waals surface area contributed by atoms with E-state index in [1.807, 2.05) is 20.8 Å². The van der Waals surface area contributed by atoms with Gasteiger partial charge in [-0.15, -0.1) is 0 Å². The molecule has 1 aromatic heterocycles. The molecule has 1 N–H and O–H groups in total. The summed E-state index contributed by atoms with van der Waals surface area (Å²) < 4.78 is 5.56. The summed E-state index contributed by atoms with van der Waals surface area (Å²) in [6.45, 7) is 6.49. The molecule has 3 rings (SSSR count). The molecule has 1 amide bonds. The number of carbonyl (C=O) groups excluding carboxylic acids is 1. The average Bonchev–Trinajstić information content (AvgIpc) is 2.53. The number of fused-ring (bicyclic) bond motifs is 1. The highest BCUT2D eigenvalue weighted by molar-refractivity contribution is 5.93. The number of carbonyl (C=O) groups is 1. The summed E-state index contributed by atoms with van der Waals surface area (Å²) in [6, 6.07) is 12.3. The van der Waals surface area contributed by atoms with Crippen LogP contribution in [0, 0.1) is 20.8 Å². The minimum absolute atomic E-state index is 0.0288. The van der Waals surface area contributed by atoms with Crippen molar-refractivity contribution in [1.29, 1.82) is 0 Å². The van der Waals surface area contributed by atoms with E-state index in [1.165, 1.54) is 11.6 Å². The summed E-state index contributed by atoms with van der Waals surface area (Å²) in [7, 11) is 0. The Morgan fingerprint density at radius 2 is 1.71 bits per heavy atom. The monoisotopic (exact) mass is 321 g/mol. The lowest BCUT2D eigenvalue weighted by Crippen LogP contribution is -2.24. The molecule has 24 heavy (non-hydrogen) atoms. The molecule has 3 aromatic rings. The van der Waals surface area contributed by atoms with Gasteiger partial charge in [-0.05, 0) is 49.6 Å². The molecule has 4 heteroatoms. The van der Waals surface area contributed by atoms with E-state index in [9.17, 15) is 9.59 Å². The van der Waals surface area contributed by atoms with Gasteiger partial charge in [-0.3, -0.25) is 9.59 Å². The van der Waals surface area contributed by atoms with Crippen molar-refractivity contribution in [2.24, 2.45) is 0 Å². The van der Waals surface area contributed by atoms with Crippen molar-refractivity contribution >= 4 is 16.9 Å². The van der Waals surface area contributed by atoms with Gasteiger partial charge in [0.25, 0.3) is 5.91 Å². The number of para-hydroxylation sites is 1. The topological polar surface area (TPSA) is 59.3 Å². The van der Waals surface area contributed by atoms with E-state index in [1.54, 1.807) is 24.3 Å². The van der Waals surface area contributed by atoms with Crippen LogP contribution < -0.4 is 10.7 Å². The van der Waals surface area contributed by atoms with Gasteiger partial charge in [0, 0.05) is 12.6 Å². The molecule has 1 heterocycles. The number of amides is 1. The lowest BCUT2D eigenvalue weighted by molar-refractivity contribution is 0.0923. The highest BCUT2D eigenvalue weighted by Gasteiger charge is 2.13. The zero-order valence-electron chi connectivity index (χ0n) is 14.0. The van der Waals surface area contributed by atoms with E-state index in [-0.39, 0.29) is 11.2 Å². The number of nitrogens with one attached hydrogen (secondary N) is 1. The average molecular weight is 321 g/mol. The van der Waals surface area contributed by atoms with Crippen molar-refractivity contribution < 1.29 is 9.21 Å². The molecular weight excluding hydrogens is 302 g/mol. The SMILES string of the molecule is Cc1cc(C)c(CNC(=O)c2cc(=O)c3ccccc3o2)c(C)c1. The van der Waals surface area contributed by atoms with Gasteiger partial charge in [-0.25, -0.2) is 0 Å². The van der Waals surface area contributed by atoms with Crippen LogP contribution in [0.3, 0.4) is 0 Å². The van der Waals surface area contributed by atoms with E-state index in [0.717, 1.165) is 16.7 Å². The normalized spacial score (nSPS) is 10.8. The maximum atomic E-state index is 12.4. The summed E-state index contributed by atoms with van der Waals surface area (Å²) in [6.07, 6.45) is 0. The van der Waals surface area contributed by atoms with Crippen LogP contribution in [0.2, 0.25) is 0 Å². The fourth-order valence-corrected chi connectivity index (χ4v) is 2.96. The van der Waals surface area contributed by atoms with Gasteiger partial charge in [0.2, 0.25) is 0 Å². The molecule has 122 valence electrons. The van der Waals surface area contributed by atoms with Crippen molar-refractivity contribution in [1.82, 2.24) is 5.32 Å². The Balaban J connectivity index is 1.85. The molecule has 4 nitrogen and oxygen atoms in total. The van der Waals surface area contributed by atoms with Gasteiger partial charge < -0.3 is 9.73 Å². The molecule has 0 aliphatic carbocycles. The van der Waals surface area contributed by atoms with Crippen LogP contribution in [0.25, 0.3) is 11.0 Å². The quantitative estimate of drug-likeness (QED) is 0.801. The number of rotatable bonds is 3. The summed E-state index contributed by atoms with van der Waals surface area (Å²) in [5.41, 5.74) is 4.74. The first kappa shape index (κ1) is 16.0. The van der Waals surface area contributed by atoms with Gasteiger partial charge in [-0.1, -0.05) is 29.8 Å². The number of hydrogen-bond acceptors (Lipinski definition) is 3. The fraction of sp³-hybridized carbons (Fsp3) is 0.200. The van der Waals surface area contributed by atoms with E-state index in [2.05, 4.69) is 17.4 Å². The minimum atomic E-state index is -0.391. The predicted molar refractivity (Wildman–Crippen MR) is 94.3 cm³/mol. The van der Waals surface area contributed by atoms with Crippen LogP contribution in [0.5, 0.6) is 0 Å². The summed E-state index contributed by atoms with van der Waals surface area (Å²) in [4.78, 5) is 24.4. The molecule has 0 unspecified atom stereocenters. The second kappa shape index (κ2) is 6.32. The molecule has 0 aliphatic rings. The second-order valence-corrected chi connectivity index (χ2v) is 6.03. The zero-order valence-corrected chi connectivity index (χ0v) is 14.0. The third kappa shape index (κ3) is 3.08. The van der Waals surface area contributed by atoms with Gasteiger partial charge in [-0.2, -0.15) is 0 Å². The Morgan fingerprint density at radius 3 is 2.42 bits per heavy atom. The largest absolute Gasteiger partial charge is 0.451 e. The molecular formula is C20H19NO3. The van der Waals surface area contributed by atoms with Gasteiger partial charge in [0.05, 0.1) is 5.39 Å². The van der Waals surface area contributed by atoms with Crippen molar-refractivity contribution in [2.75, 3.05) is 0 Å². The lowest BCUT2D eigenvalue weighted by Gasteiger charge is -2.12. The summed E-state index contributed by atoms with van der Waals surface area (Å²) >= 11 is 0. The van der Waals surface area contributed by atoms with Crippen LogP contribution in [0.1, 0.15) is 32.8 Å². The van der Waals surface area contributed by atoms with Crippen molar-refractivity contribution in [3.05, 3.63) is 80.7 Å². The van der Waals surface area contributed by atoms with Crippen molar-refractivity contribution in [3.63, 3.8) is 0 Å². The van der Waals surface area contributed by atoms with Gasteiger partial charge >= 0.3 is 0 Å². The molecule has 0 radical (unpaired) electrons. The van der Waals surface area contributed by atoms with Gasteiger partial charge in [0.1, 0.15) is 5.58 Å². The van der Waals surface area contributed by atoms with E-state index < -0.39 is 5.91 Å². The maximum Gasteiger partial charge on any atom is 0.287 e. The third-order valence-corrected chi connectivity index (χ3v) is 4.12. The number of hydrogen-bond donors (Lipinski definition) is 1. The number of aryl methyl sites for hydroxylation is 3. The first-order chi connectivity index (χ1) is 11.5. The second-order valence-electron chi connectivity index (χ2n) is 6.03. The summed E-state index contributed by atoms with van der Waals surface area (Å²) in [5.74, 6) is -0.363. The van der Waals surface area contributed by atoms with E-state index in [0.29, 0.717) is 17.5 Å². The molecule has 0 spiro atoms. The van der Waals surface area contributed by atoms with Crippen molar-refractivity contribution in [2.45, 2.75) is 27.3 Å². The Hall–Kier alpha value is -2.88. The first-order valence-corrected chi connectivity index (χ1v) is 7.83. The predicted octanol–water partition coefficient (Wildman–Crippen LogP) is 3.65. The maximum absolute atomic E-state index is 12.4. The van der Waals surface area contributed by atoms with Crippen LogP contribution in [0.15, 0.2) is 51.7 Å². The van der Waals surface area contributed by atoms with Crippen molar-refractivity contribution in [3.8, 4) is 0 Å². The van der Waals surface area contributed by atoms with E-state index >= 15 is 0 Å². The van der Waals surface area contributed by atoms with Gasteiger partial charge in [0.15, 0.2) is 11.2 Å². The standard InChI is InChI=1S/C20H19NO3/c1-12-8-13(2)16(14(3)9-12)11-21-20(23)19-10-17(22)15-6-4-5-7-18(15)24-19/h4-10H,11H2,1-3H3,(H,21,23). The molecule has 0 atom stereocenters. The molecule has 0 saturated carbocycles. The molecule has 0 aliphatic heterocycles. The molecule has 0 saturated heterocycles. The smallest absolute Gasteiger partial charge is 0.287 e. The Kier molecular flexibility index (Phi) is 4.21. The molecule has 0 fully saturated rings.